The molecule has 0 aliphatic heterocycles. The highest BCUT2D eigenvalue weighted by Crippen LogP contribution is 2.26. The molecule has 0 bridgehead atoms. The van der Waals surface area contributed by atoms with Crippen molar-refractivity contribution in [2.75, 3.05) is 4.90 Å². The Balaban J connectivity index is 2.05. The number of allylic oxidation sites excluding steroid dienone is 1. The van der Waals surface area contributed by atoms with E-state index in [1.165, 1.54) is 5.56 Å². The summed E-state index contributed by atoms with van der Waals surface area (Å²) in [6, 6.07) is 18.3. The Hall–Kier alpha value is -2.35. The van der Waals surface area contributed by atoms with Gasteiger partial charge in [-0.3, -0.25) is 4.79 Å². The number of amides is 1. The van der Waals surface area contributed by atoms with Crippen LogP contribution in [0.25, 0.3) is 6.08 Å². The molecule has 0 spiro atoms. The third kappa shape index (κ3) is 5.09. The van der Waals surface area contributed by atoms with E-state index >= 15 is 0 Å². The molecular weight excluding hydrogens is 294 g/mol. The normalized spacial score (nSPS) is 11.7. The lowest BCUT2D eigenvalue weighted by atomic mass is 10.0. The molecule has 126 valence electrons. The summed E-state index contributed by atoms with van der Waals surface area (Å²) in [6.07, 6.45) is 5.40. The van der Waals surface area contributed by atoms with Crippen LogP contribution in [0.15, 0.2) is 60.7 Å². The van der Waals surface area contributed by atoms with E-state index in [1.807, 2.05) is 35.2 Å². The number of benzene rings is 2. The SMILES string of the molecule is Cc1cccc(N(C(=O)CC/C=C/c2ccccc2)C(C)(C)C)c1. The smallest absolute Gasteiger partial charge is 0.227 e. The highest BCUT2D eigenvalue weighted by Gasteiger charge is 2.27. The fraction of sp³-hybridized carbons (Fsp3) is 0.318. The summed E-state index contributed by atoms with van der Waals surface area (Å²) in [5.41, 5.74) is 3.06. The Morgan fingerprint density at radius 3 is 2.38 bits per heavy atom. The van der Waals surface area contributed by atoms with Crippen LogP contribution in [-0.4, -0.2) is 11.4 Å². The lowest BCUT2D eigenvalue weighted by Gasteiger charge is -2.36. The van der Waals surface area contributed by atoms with Gasteiger partial charge in [-0.05, 0) is 57.4 Å². The van der Waals surface area contributed by atoms with E-state index in [1.54, 1.807) is 0 Å². The molecule has 2 nitrogen and oxygen atoms in total. The van der Waals surface area contributed by atoms with Gasteiger partial charge in [0.2, 0.25) is 5.91 Å². The van der Waals surface area contributed by atoms with Gasteiger partial charge in [0, 0.05) is 17.6 Å². The van der Waals surface area contributed by atoms with Gasteiger partial charge >= 0.3 is 0 Å². The molecule has 0 heterocycles. The van der Waals surface area contributed by atoms with Crippen molar-refractivity contribution >= 4 is 17.7 Å². The van der Waals surface area contributed by atoms with Gasteiger partial charge in [0.25, 0.3) is 0 Å². The fourth-order valence-electron chi connectivity index (χ4n) is 2.77. The maximum Gasteiger partial charge on any atom is 0.227 e. The first-order valence-corrected chi connectivity index (χ1v) is 8.49. The van der Waals surface area contributed by atoms with E-state index in [2.05, 4.69) is 64.1 Å². The van der Waals surface area contributed by atoms with Crippen molar-refractivity contribution in [3.8, 4) is 0 Å². The monoisotopic (exact) mass is 321 g/mol. The fourth-order valence-corrected chi connectivity index (χ4v) is 2.77. The van der Waals surface area contributed by atoms with E-state index in [-0.39, 0.29) is 11.4 Å². The van der Waals surface area contributed by atoms with Gasteiger partial charge in [0.1, 0.15) is 0 Å². The third-order valence-electron chi connectivity index (χ3n) is 3.81. The van der Waals surface area contributed by atoms with Crippen LogP contribution in [0.2, 0.25) is 0 Å². The molecule has 2 heteroatoms. The molecule has 0 radical (unpaired) electrons. The second-order valence-electron chi connectivity index (χ2n) is 7.09. The van der Waals surface area contributed by atoms with Crippen molar-refractivity contribution in [1.82, 2.24) is 0 Å². The Bertz CT molecular complexity index is 695. The molecule has 1 amide bonds. The Morgan fingerprint density at radius 2 is 1.75 bits per heavy atom. The summed E-state index contributed by atoms with van der Waals surface area (Å²) in [4.78, 5) is 14.7. The van der Waals surface area contributed by atoms with E-state index in [0.29, 0.717) is 6.42 Å². The zero-order valence-corrected chi connectivity index (χ0v) is 15.1. The van der Waals surface area contributed by atoms with E-state index in [4.69, 9.17) is 0 Å². The molecule has 0 N–H and O–H groups in total. The molecular formula is C22H27NO. The van der Waals surface area contributed by atoms with Gasteiger partial charge < -0.3 is 4.90 Å². The molecule has 2 aromatic rings. The van der Waals surface area contributed by atoms with Crippen molar-refractivity contribution in [3.63, 3.8) is 0 Å². The average molecular weight is 321 g/mol. The molecule has 0 aliphatic rings. The standard InChI is InChI=1S/C22H27NO/c1-18-11-10-15-20(17-18)23(22(2,3)4)21(24)16-9-8-14-19-12-6-5-7-13-19/h5-8,10-15,17H,9,16H2,1-4H3/b14-8+. The zero-order valence-electron chi connectivity index (χ0n) is 15.1. The summed E-state index contributed by atoms with van der Waals surface area (Å²) in [6.45, 7) is 8.28. The predicted molar refractivity (Wildman–Crippen MR) is 103 cm³/mol. The number of carbonyl (C=O) groups is 1. The number of aryl methyl sites for hydroxylation is 1. The predicted octanol–water partition coefficient (Wildman–Crippen LogP) is 5.62. The second-order valence-corrected chi connectivity index (χ2v) is 7.09. The van der Waals surface area contributed by atoms with Crippen molar-refractivity contribution in [1.29, 1.82) is 0 Å². The quantitative estimate of drug-likeness (QED) is 0.700. The maximum absolute atomic E-state index is 12.8. The maximum atomic E-state index is 12.8. The van der Waals surface area contributed by atoms with Crippen molar-refractivity contribution in [3.05, 3.63) is 71.8 Å². The van der Waals surface area contributed by atoms with Crippen LogP contribution in [0.4, 0.5) is 5.69 Å². The van der Waals surface area contributed by atoms with E-state index in [0.717, 1.165) is 17.7 Å². The molecule has 2 aromatic carbocycles. The minimum Gasteiger partial charge on any atom is -0.307 e. The van der Waals surface area contributed by atoms with Crippen LogP contribution in [0.1, 0.15) is 44.7 Å². The van der Waals surface area contributed by atoms with Gasteiger partial charge in [-0.25, -0.2) is 0 Å². The molecule has 0 unspecified atom stereocenters. The summed E-state index contributed by atoms with van der Waals surface area (Å²) in [5.74, 6) is 0.158. The number of anilines is 1. The Kier molecular flexibility index (Phi) is 5.97. The molecule has 2 rings (SSSR count). The first-order valence-electron chi connectivity index (χ1n) is 8.49. The summed E-state index contributed by atoms with van der Waals surface area (Å²) in [5, 5.41) is 0. The topological polar surface area (TPSA) is 20.3 Å². The van der Waals surface area contributed by atoms with Crippen LogP contribution >= 0.6 is 0 Å². The molecule has 0 aliphatic carbocycles. The molecule has 0 fully saturated rings. The number of carbonyl (C=O) groups excluding carboxylic acids is 1. The lowest BCUT2D eigenvalue weighted by molar-refractivity contribution is -0.119. The molecule has 0 aromatic heterocycles. The number of hydrogen-bond acceptors (Lipinski definition) is 1. The van der Waals surface area contributed by atoms with Crippen molar-refractivity contribution in [2.24, 2.45) is 0 Å². The van der Waals surface area contributed by atoms with Crippen molar-refractivity contribution < 1.29 is 4.79 Å². The molecule has 0 atom stereocenters. The van der Waals surface area contributed by atoms with Gasteiger partial charge in [0.05, 0.1) is 0 Å². The third-order valence-corrected chi connectivity index (χ3v) is 3.81. The van der Waals surface area contributed by atoms with Crippen LogP contribution < -0.4 is 4.90 Å². The van der Waals surface area contributed by atoms with Crippen LogP contribution in [0.3, 0.4) is 0 Å². The first-order chi connectivity index (χ1) is 11.4. The summed E-state index contributed by atoms with van der Waals surface area (Å²) in [7, 11) is 0. The van der Waals surface area contributed by atoms with E-state index in [9.17, 15) is 4.79 Å². The van der Waals surface area contributed by atoms with Crippen LogP contribution in [0.5, 0.6) is 0 Å². The number of nitrogens with zero attached hydrogens (tertiary/aromatic N) is 1. The largest absolute Gasteiger partial charge is 0.307 e. The summed E-state index contributed by atoms with van der Waals surface area (Å²) >= 11 is 0. The molecule has 0 saturated carbocycles. The zero-order chi connectivity index (χ0) is 17.6. The highest BCUT2D eigenvalue weighted by molar-refractivity contribution is 5.94. The van der Waals surface area contributed by atoms with Gasteiger partial charge in [0.15, 0.2) is 0 Å². The van der Waals surface area contributed by atoms with Gasteiger partial charge in [-0.2, -0.15) is 0 Å². The lowest BCUT2D eigenvalue weighted by Crippen LogP contribution is -2.45. The second kappa shape index (κ2) is 7.96. The molecule has 24 heavy (non-hydrogen) atoms. The summed E-state index contributed by atoms with van der Waals surface area (Å²) < 4.78 is 0. The average Bonchev–Trinajstić information content (AvgIpc) is 2.51. The number of hydrogen-bond donors (Lipinski definition) is 0. The first kappa shape index (κ1) is 18.0. The highest BCUT2D eigenvalue weighted by atomic mass is 16.2. The van der Waals surface area contributed by atoms with Crippen LogP contribution in [0, 0.1) is 6.92 Å². The van der Waals surface area contributed by atoms with Crippen molar-refractivity contribution in [2.45, 2.75) is 46.1 Å². The molecule has 0 saturated heterocycles. The minimum absolute atomic E-state index is 0.158. The Morgan fingerprint density at radius 1 is 1.04 bits per heavy atom. The minimum atomic E-state index is -0.242. The Labute approximate surface area is 145 Å². The van der Waals surface area contributed by atoms with Gasteiger partial charge in [-0.1, -0.05) is 54.6 Å². The number of rotatable bonds is 5. The van der Waals surface area contributed by atoms with E-state index < -0.39 is 0 Å². The van der Waals surface area contributed by atoms with Gasteiger partial charge in [-0.15, -0.1) is 0 Å². The van der Waals surface area contributed by atoms with Crippen LogP contribution in [-0.2, 0) is 4.79 Å².